The second kappa shape index (κ2) is 5.66. The molecule has 2 rings (SSSR count). The van der Waals surface area contributed by atoms with Gasteiger partial charge in [0.2, 0.25) is 5.90 Å². The molecular weight excluding hydrogens is 298 g/mol. The molecule has 0 amide bonds. The van der Waals surface area contributed by atoms with Gasteiger partial charge in [-0.3, -0.25) is 19.8 Å². The Balaban J connectivity index is 2.63. The van der Waals surface area contributed by atoms with E-state index in [9.17, 15) is 19.8 Å². The van der Waals surface area contributed by atoms with Crippen molar-refractivity contribution >= 4 is 17.7 Å². The fraction of sp³-hybridized carbons (Fsp3) is 0.583. The van der Waals surface area contributed by atoms with E-state index in [1.165, 1.54) is 17.9 Å². The van der Waals surface area contributed by atoms with E-state index >= 15 is 0 Å². The maximum absolute atomic E-state index is 12.1. The highest BCUT2D eigenvalue weighted by Crippen LogP contribution is 2.47. The molecule has 8 nitrogen and oxygen atoms in total. The van der Waals surface area contributed by atoms with Crippen LogP contribution in [0.15, 0.2) is 15.8 Å². The third-order valence-corrected chi connectivity index (χ3v) is 5.21. The Bertz CT molecular complexity index is 670. The van der Waals surface area contributed by atoms with Crippen molar-refractivity contribution < 1.29 is 14.9 Å². The minimum atomic E-state index is -1.28. The number of nitrogens with one attached hydrogen (secondary N) is 2. The van der Waals surface area contributed by atoms with Crippen LogP contribution in [0.2, 0.25) is 0 Å². The van der Waals surface area contributed by atoms with E-state index in [2.05, 4.69) is 4.98 Å². The summed E-state index contributed by atoms with van der Waals surface area (Å²) in [5.41, 5.74) is -0.885. The van der Waals surface area contributed by atoms with Gasteiger partial charge >= 0.3 is 5.69 Å². The molecule has 1 aliphatic rings. The van der Waals surface area contributed by atoms with Gasteiger partial charge in [-0.1, -0.05) is 0 Å². The quantitative estimate of drug-likeness (QED) is 0.417. The average molecular weight is 315 g/mol. The highest BCUT2D eigenvalue weighted by Gasteiger charge is 2.51. The molecular formula is C12H17N3O5S. The number of nitrogens with zero attached hydrogens (tertiary/aromatic N) is 1. The maximum Gasteiger partial charge on any atom is 0.329 e. The highest BCUT2D eigenvalue weighted by atomic mass is 32.2. The number of ether oxygens (including phenoxy) is 1. The minimum absolute atomic E-state index is 0.0287. The first-order chi connectivity index (χ1) is 9.85. The van der Waals surface area contributed by atoms with Gasteiger partial charge < -0.3 is 14.9 Å². The molecule has 1 aliphatic heterocycles. The van der Waals surface area contributed by atoms with Crippen molar-refractivity contribution in [3.05, 3.63) is 32.6 Å². The molecule has 0 aliphatic carbocycles. The fourth-order valence-corrected chi connectivity index (χ4v) is 3.89. The van der Waals surface area contributed by atoms with Gasteiger partial charge in [-0.05, 0) is 6.92 Å². The van der Waals surface area contributed by atoms with Crippen molar-refractivity contribution in [3.63, 3.8) is 0 Å². The second-order valence-electron chi connectivity index (χ2n) is 4.87. The van der Waals surface area contributed by atoms with E-state index < -0.39 is 27.5 Å². The van der Waals surface area contributed by atoms with Gasteiger partial charge in [0, 0.05) is 18.2 Å². The Labute approximate surface area is 124 Å². The van der Waals surface area contributed by atoms with Gasteiger partial charge in [0.25, 0.3) is 5.56 Å². The van der Waals surface area contributed by atoms with E-state index in [0.29, 0.717) is 5.56 Å². The van der Waals surface area contributed by atoms with Crippen LogP contribution in [0.4, 0.5) is 0 Å². The molecule has 1 saturated heterocycles. The standard InChI is InChI=1S/C12H17N3O5S/c1-6-4-15(11(19)14-9(6)18)12(10(13)20-2)3-7(17)8(5-16)21-12/h4,7-8,13,16-17H,3,5H2,1-2H3,(H,14,18,19)/t7-,8+,12-/m0/s1. The van der Waals surface area contributed by atoms with Crippen molar-refractivity contribution in [1.82, 2.24) is 9.55 Å². The van der Waals surface area contributed by atoms with E-state index in [-0.39, 0.29) is 18.9 Å². The van der Waals surface area contributed by atoms with Crippen molar-refractivity contribution in [2.75, 3.05) is 13.7 Å². The van der Waals surface area contributed by atoms with Gasteiger partial charge in [0.1, 0.15) is 0 Å². The summed E-state index contributed by atoms with van der Waals surface area (Å²) < 4.78 is 6.16. The molecule has 0 bridgehead atoms. The first kappa shape index (κ1) is 15.8. The predicted molar refractivity (Wildman–Crippen MR) is 77.9 cm³/mol. The zero-order valence-corrected chi connectivity index (χ0v) is 12.4. The summed E-state index contributed by atoms with van der Waals surface area (Å²) in [5.74, 6) is -0.226. The second-order valence-corrected chi connectivity index (χ2v) is 6.39. The Morgan fingerprint density at radius 2 is 2.33 bits per heavy atom. The monoisotopic (exact) mass is 315 g/mol. The lowest BCUT2D eigenvalue weighted by atomic mass is 10.1. The Kier molecular flexibility index (Phi) is 4.26. The number of thioether (sulfide) groups is 1. The first-order valence-corrected chi connectivity index (χ1v) is 7.16. The number of aliphatic hydroxyl groups is 2. The number of aromatic nitrogens is 2. The molecule has 0 radical (unpaired) electrons. The van der Waals surface area contributed by atoms with E-state index in [0.717, 1.165) is 11.8 Å². The molecule has 1 aromatic heterocycles. The van der Waals surface area contributed by atoms with Gasteiger partial charge in [-0.25, -0.2) is 4.79 Å². The maximum atomic E-state index is 12.1. The summed E-state index contributed by atoms with van der Waals surface area (Å²) in [6.07, 6.45) is 0.476. The lowest BCUT2D eigenvalue weighted by Crippen LogP contribution is -2.47. The molecule has 2 heterocycles. The third-order valence-electron chi connectivity index (χ3n) is 3.51. The summed E-state index contributed by atoms with van der Waals surface area (Å²) in [6.45, 7) is 1.25. The lowest BCUT2D eigenvalue weighted by Gasteiger charge is -2.30. The fourth-order valence-electron chi connectivity index (χ4n) is 2.36. The number of aliphatic hydroxyl groups excluding tert-OH is 2. The molecule has 0 spiro atoms. The summed E-state index contributed by atoms with van der Waals surface area (Å²) >= 11 is 1.07. The third kappa shape index (κ3) is 2.52. The minimum Gasteiger partial charge on any atom is -0.482 e. The van der Waals surface area contributed by atoms with Crippen LogP contribution in [-0.2, 0) is 9.61 Å². The van der Waals surface area contributed by atoms with Crippen molar-refractivity contribution in [1.29, 1.82) is 5.41 Å². The predicted octanol–water partition coefficient (Wildman–Crippen LogP) is -1.02. The van der Waals surface area contributed by atoms with Crippen molar-refractivity contribution in [2.24, 2.45) is 0 Å². The number of rotatable bonds is 3. The van der Waals surface area contributed by atoms with Crippen molar-refractivity contribution in [3.8, 4) is 0 Å². The molecule has 0 aromatic carbocycles. The molecule has 4 N–H and O–H groups in total. The van der Waals surface area contributed by atoms with Crippen molar-refractivity contribution in [2.45, 2.75) is 29.6 Å². The zero-order valence-electron chi connectivity index (χ0n) is 11.6. The molecule has 21 heavy (non-hydrogen) atoms. The number of aromatic amines is 1. The molecule has 3 atom stereocenters. The summed E-state index contributed by atoms with van der Waals surface area (Å²) in [6, 6.07) is 0. The van der Waals surface area contributed by atoms with Crippen LogP contribution in [0.25, 0.3) is 0 Å². The van der Waals surface area contributed by atoms with Gasteiger partial charge in [0.15, 0.2) is 4.87 Å². The normalized spacial score (nSPS) is 28.6. The van der Waals surface area contributed by atoms with E-state index in [1.807, 2.05) is 0 Å². The summed E-state index contributed by atoms with van der Waals surface area (Å²) in [7, 11) is 1.30. The average Bonchev–Trinajstić information content (AvgIpc) is 2.79. The Morgan fingerprint density at radius 3 is 2.86 bits per heavy atom. The van der Waals surface area contributed by atoms with Crippen LogP contribution in [0.3, 0.4) is 0 Å². The van der Waals surface area contributed by atoms with Crippen LogP contribution in [0.1, 0.15) is 12.0 Å². The first-order valence-electron chi connectivity index (χ1n) is 6.28. The molecule has 0 unspecified atom stereocenters. The number of hydrogen-bond donors (Lipinski definition) is 4. The highest BCUT2D eigenvalue weighted by molar-refractivity contribution is 8.01. The molecule has 0 saturated carbocycles. The van der Waals surface area contributed by atoms with Gasteiger partial charge in [-0.2, -0.15) is 0 Å². The lowest BCUT2D eigenvalue weighted by molar-refractivity contribution is 0.129. The number of hydrogen-bond acceptors (Lipinski definition) is 7. The van der Waals surface area contributed by atoms with Crippen LogP contribution in [0.5, 0.6) is 0 Å². The molecule has 9 heteroatoms. The zero-order chi connectivity index (χ0) is 15.8. The van der Waals surface area contributed by atoms with Gasteiger partial charge in [0.05, 0.1) is 25.1 Å². The van der Waals surface area contributed by atoms with E-state index in [1.54, 1.807) is 6.92 Å². The number of methoxy groups -OCH3 is 1. The summed E-state index contributed by atoms with van der Waals surface area (Å²) in [5, 5.41) is 26.8. The Morgan fingerprint density at radius 1 is 1.67 bits per heavy atom. The Hall–Kier alpha value is -1.58. The molecule has 1 fully saturated rings. The number of H-pyrrole nitrogens is 1. The van der Waals surface area contributed by atoms with Crippen LogP contribution < -0.4 is 11.2 Å². The summed E-state index contributed by atoms with van der Waals surface area (Å²) in [4.78, 5) is 24.5. The van der Waals surface area contributed by atoms with Crippen LogP contribution in [0, 0.1) is 12.3 Å². The topological polar surface area (TPSA) is 128 Å². The van der Waals surface area contributed by atoms with Crippen LogP contribution in [-0.4, -0.2) is 50.7 Å². The smallest absolute Gasteiger partial charge is 0.329 e. The molecule has 116 valence electrons. The van der Waals surface area contributed by atoms with E-state index in [4.69, 9.17) is 10.1 Å². The van der Waals surface area contributed by atoms with Crippen LogP contribution >= 0.6 is 11.8 Å². The SMILES string of the molecule is COC(=N)[C@]1(n2cc(C)c(=O)[nH]c2=O)C[C@H](O)[C@@H](CO)S1. The molecule has 1 aromatic rings. The van der Waals surface area contributed by atoms with Gasteiger partial charge in [-0.15, -0.1) is 11.8 Å². The number of aryl methyl sites for hydroxylation is 1. The largest absolute Gasteiger partial charge is 0.482 e.